The van der Waals surface area contributed by atoms with Crippen LogP contribution in [0.4, 0.5) is 9.59 Å². The minimum absolute atomic E-state index is 0.0428. The summed E-state index contributed by atoms with van der Waals surface area (Å²) in [5.41, 5.74) is -0.423. The van der Waals surface area contributed by atoms with Crippen LogP contribution in [0.25, 0.3) is 0 Å². The van der Waals surface area contributed by atoms with Gasteiger partial charge in [0.05, 0.1) is 18.0 Å². The van der Waals surface area contributed by atoms with Gasteiger partial charge in [0.25, 0.3) is 15.9 Å². The van der Waals surface area contributed by atoms with Crippen molar-refractivity contribution in [1.29, 1.82) is 0 Å². The topological polar surface area (TPSA) is 190 Å². The Morgan fingerprint density at radius 3 is 2.55 bits per heavy atom. The lowest BCUT2D eigenvalue weighted by molar-refractivity contribution is -0.141. The van der Waals surface area contributed by atoms with E-state index in [1.165, 1.54) is 15.9 Å². The average Bonchev–Trinajstić information content (AvgIpc) is 3.41. The van der Waals surface area contributed by atoms with Gasteiger partial charge in [-0.2, -0.15) is 0 Å². The molecule has 0 spiro atoms. The number of ether oxygens (including phenoxy) is 3. The third kappa shape index (κ3) is 9.30. The van der Waals surface area contributed by atoms with Crippen molar-refractivity contribution in [3.05, 3.63) is 76.3 Å². The van der Waals surface area contributed by atoms with Gasteiger partial charge in [0.2, 0.25) is 11.8 Å². The first-order valence-electron chi connectivity index (χ1n) is 18.7. The minimum Gasteiger partial charge on any atom is -0.444 e. The number of fused-ring (bicyclic) bond motifs is 3. The molecule has 2 aromatic rings. The van der Waals surface area contributed by atoms with Crippen LogP contribution in [-0.2, 0) is 51.7 Å². The van der Waals surface area contributed by atoms with Gasteiger partial charge >= 0.3 is 12.2 Å². The molecule has 15 nitrogen and oxygen atoms in total. The normalized spacial score (nSPS) is 25.7. The van der Waals surface area contributed by atoms with Gasteiger partial charge in [-0.3, -0.25) is 19.3 Å². The maximum absolute atomic E-state index is 14.4. The number of carbonyl (C=O) groups is 5. The Morgan fingerprint density at radius 2 is 1.82 bits per heavy atom. The van der Waals surface area contributed by atoms with Crippen LogP contribution in [0.15, 0.2) is 59.5 Å². The summed E-state index contributed by atoms with van der Waals surface area (Å²) < 4.78 is 46.2. The molecule has 17 heteroatoms. The Hall–Kier alpha value is -4.67. The van der Waals surface area contributed by atoms with Crippen molar-refractivity contribution in [2.45, 2.75) is 107 Å². The maximum atomic E-state index is 14.4. The number of rotatable bonds is 5. The third-order valence-electron chi connectivity index (χ3n) is 10.2. The highest BCUT2D eigenvalue weighted by atomic mass is 35.5. The molecule has 5 atom stereocenters. The number of hydrogen-bond donors (Lipinski definition) is 3. The number of halogens is 1. The van der Waals surface area contributed by atoms with Crippen LogP contribution in [0, 0.1) is 12.8 Å². The van der Waals surface area contributed by atoms with Crippen molar-refractivity contribution >= 4 is 51.5 Å². The van der Waals surface area contributed by atoms with Crippen LogP contribution in [0.2, 0.25) is 5.02 Å². The number of allylic oxidation sites excluding steroid dienone is 1. The van der Waals surface area contributed by atoms with Gasteiger partial charge in [-0.05, 0) is 75.8 Å². The van der Waals surface area contributed by atoms with E-state index < -0.39 is 75.2 Å². The molecule has 1 saturated heterocycles. The van der Waals surface area contributed by atoms with Crippen LogP contribution in [0.1, 0.15) is 69.6 Å². The summed E-state index contributed by atoms with van der Waals surface area (Å²) in [7, 11) is -4.33. The van der Waals surface area contributed by atoms with E-state index >= 15 is 0 Å². The Bertz CT molecular complexity index is 2020. The maximum Gasteiger partial charge on any atom is 0.410 e. The summed E-state index contributed by atoms with van der Waals surface area (Å²) >= 11 is 6.37. The van der Waals surface area contributed by atoms with Crippen molar-refractivity contribution in [3.8, 4) is 0 Å². The lowest BCUT2D eigenvalue weighted by Gasteiger charge is -2.30. The SMILES string of the molecule is Cc1ccccc1S(=O)(=O)NC(=O)[C@@]12C[C@H]1C=CCCCOCC[C@H](NC(=O)OC(C)(C)C)C(=O)N1C[C@H](OC(=O)N3Cc4cccc(Cl)c4C3)C[C@H]1C(=O)N2. The minimum atomic E-state index is -4.33. The molecule has 1 saturated carbocycles. The van der Waals surface area contributed by atoms with E-state index in [1.54, 1.807) is 64.1 Å². The molecule has 0 aromatic heterocycles. The summed E-state index contributed by atoms with van der Waals surface area (Å²) in [6.45, 7) is 7.37. The Labute approximate surface area is 331 Å². The molecule has 6 rings (SSSR count). The second-order valence-corrected chi connectivity index (χ2v) is 17.7. The first kappa shape index (κ1) is 41.0. The number of carbonyl (C=O) groups excluding carboxylic acids is 5. The smallest absolute Gasteiger partial charge is 0.410 e. The fraction of sp³-hybridized carbons (Fsp3) is 0.513. The number of benzene rings is 2. The number of amides is 5. The van der Waals surface area contributed by atoms with Crippen molar-refractivity contribution in [2.24, 2.45) is 5.92 Å². The van der Waals surface area contributed by atoms with E-state index in [1.807, 2.05) is 12.1 Å². The number of nitrogens with one attached hydrogen (secondary N) is 3. The van der Waals surface area contributed by atoms with Gasteiger partial charge in [-0.25, -0.2) is 22.7 Å². The zero-order chi connectivity index (χ0) is 40.4. The number of nitrogens with zero attached hydrogens (tertiary/aromatic N) is 2. The molecule has 3 aliphatic heterocycles. The zero-order valence-corrected chi connectivity index (χ0v) is 33.4. The second kappa shape index (κ2) is 16.4. The highest BCUT2D eigenvalue weighted by molar-refractivity contribution is 7.90. The van der Waals surface area contributed by atoms with E-state index in [9.17, 15) is 32.4 Å². The standard InChI is InChI=1S/C39H48ClN5O10S/c1-24-11-7-8-15-32(24)56(51,52)43-35(48)39-20-26(39)13-6-5-9-17-53-18-16-30(41-36(49)55-38(2,3)4)34(47)45-22-27(19-31(45)33(46)42-39)54-37(50)44-21-25-12-10-14-29(40)28(25)23-44/h6-8,10-15,26-27,30-31H,5,9,16-23H2,1-4H3,(H,41,49)(H,42,46)(H,43,48)/t26-,27-,30+,31+,39-/m1/s1. The predicted molar refractivity (Wildman–Crippen MR) is 204 cm³/mol. The first-order chi connectivity index (χ1) is 26.5. The lowest BCUT2D eigenvalue weighted by atomic mass is 10.1. The Balaban J connectivity index is 1.28. The predicted octanol–water partition coefficient (Wildman–Crippen LogP) is 4.10. The molecule has 302 valence electrons. The highest BCUT2D eigenvalue weighted by Crippen LogP contribution is 2.46. The van der Waals surface area contributed by atoms with Crippen LogP contribution in [0.5, 0.6) is 0 Å². The molecule has 3 heterocycles. The largest absolute Gasteiger partial charge is 0.444 e. The lowest BCUT2D eigenvalue weighted by Crippen LogP contribution is -2.58. The van der Waals surface area contributed by atoms with Crippen molar-refractivity contribution < 1.29 is 46.6 Å². The Kier molecular flexibility index (Phi) is 12.0. The second-order valence-electron chi connectivity index (χ2n) is 15.6. The fourth-order valence-electron chi connectivity index (χ4n) is 7.29. The van der Waals surface area contributed by atoms with Crippen LogP contribution < -0.4 is 15.4 Å². The number of sulfonamides is 1. The van der Waals surface area contributed by atoms with Crippen molar-refractivity contribution in [3.63, 3.8) is 0 Å². The molecule has 0 radical (unpaired) electrons. The van der Waals surface area contributed by atoms with E-state index in [0.717, 1.165) is 11.1 Å². The molecule has 5 amide bonds. The average molecular weight is 814 g/mol. The first-order valence-corrected chi connectivity index (χ1v) is 20.5. The summed E-state index contributed by atoms with van der Waals surface area (Å²) in [4.78, 5) is 71.8. The fourth-order valence-corrected chi connectivity index (χ4v) is 8.83. The summed E-state index contributed by atoms with van der Waals surface area (Å²) in [6.07, 6.45) is 2.33. The summed E-state index contributed by atoms with van der Waals surface area (Å²) in [5.74, 6) is -2.89. The molecule has 2 aromatic carbocycles. The zero-order valence-electron chi connectivity index (χ0n) is 31.8. The third-order valence-corrected chi connectivity index (χ3v) is 12.1. The van der Waals surface area contributed by atoms with E-state index in [-0.39, 0.29) is 50.4 Å². The van der Waals surface area contributed by atoms with Gasteiger partial charge in [0.1, 0.15) is 29.3 Å². The van der Waals surface area contributed by atoms with Crippen LogP contribution in [-0.4, -0.2) is 97.2 Å². The number of alkyl carbamates (subject to hydrolysis) is 1. The van der Waals surface area contributed by atoms with Gasteiger partial charge in [-0.1, -0.05) is 54.1 Å². The number of aryl methyl sites for hydroxylation is 1. The molecule has 1 aliphatic carbocycles. The van der Waals surface area contributed by atoms with Crippen LogP contribution in [0.3, 0.4) is 0 Å². The van der Waals surface area contributed by atoms with Gasteiger partial charge in [0, 0.05) is 43.5 Å². The van der Waals surface area contributed by atoms with Gasteiger partial charge < -0.3 is 29.7 Å². The molecule has 56 heavy (non-hydrogen) atoms. The molecule has 3 N–H and O–H groups in total. The summed E-state index contributed by atoms with van der Waals surface area (Å²) in [5, 5.41) is 5.95. The molecule has 4 aliphatic rings. The van der Waals surface area contributed by atoms with Crippen LogP contribution >= 0.6 is 11.6 Å². The molecular weight excluding hydrogens is 766 g/mol. The van der Waals surface area contributed by atoms with E-state index in [4.69, 9.17) is 25.8 Å². The van der Waals surface area contributed by atoms with E-state index in [0.29, 0.717) is 30.0 Å². The van der Waals surface area contributed by atoms with E-state index in [2.05, 4.69) is 15.4 Å². The van der Waals surface area contributed by atoms with Crippen molar-refractivity contribution in [2.75, 3.05) is 19.8 Å². The highest BCUT2D eigenvalue weighted by Gasteiger charge is 2.62. The van der Waals surface area contributed by atoms with Crippen molar-refractivity contribution in [1.82, 2.24) is 25.2 Å². The molecule has 0 bridgehead atoms. The number of hydrogen-bond acceptors (Lipinski definition) is 10. The monoisotopic (exact) mass is 813 g/mol. The van der Waals surface area contributed by atoms with Gasteiger partial charge in [0.15, 0.2) is 0 Å². The van der Waals surface area contributed by atoms with Gasteiger partial charge in [-0.15, -0.1) is 0 Å². The molecular formula is C39H48ClN5O10S. The summed E-state index contributed by atoms with van der Waals surface area (Å²) in [6, 6.07) is 9.14. The quantitative estimate of drug-likeness (QED) is 0.371. The molecule has 0 unspecified atom stereocenters. The molecule has 2 fully saturated rings. The Morgan fingerprint density at radius 1 is 1.05 bits per heavy atom.